The average molecular weight is 190 g/mol. The Kier molecular flexibility index (Phi) is 2.03. The molecule has 0 aliphatic heterocycles. The summed E-state index contributed by atoms with van der Waals surface area (Å²) in [5.41, 5.74) is 0. The summed E-state index contributed by atoms with van der Waals surface area (Å²) in [7, 11) is 0. The Hall–Kier alpha value is 0.348. The monoisotopic (exact) mass is 190 g/mol. The molecule has 0 radical (unpaired) electrons. The van der Waals surface area contributed by atoms with Crippen LogP contribution in [0.15, 0.2) is 0 Å². The Balaban J connectivity index is 4.02. The van der Waals surface area contributed by atoms with Gasteiger partial charge in [0.1, 0.15) is 0 Å². The summed E-state index contributed by atoms with van der Waals surface area (Å²) in [4.78, 5) is 0. The number of rotatable bonds is 0. The van der Waals surface area contributed by atoms with E-state index in [0.29, 0.717) is 0 Å². The molecule has 0 nitrogen and oxygen atoms in total. The van der Waals surface area contributed by atoms with Crippen molar-refractivity contribution in [1.29, 1.82) is 0 Å². The van der Waals surface area contributed by atoms with E-state index in [0.717, 1.165) is 0 Å². The summed E-state index contributed by atoms with van der Waals surface area (Å²) in [6, 6.07) is 0. The average Bonchev–Trinajstić information content (AvgIpc) is 1.25. The second-order valence-corrected chi connectivity index (χ2v) is 7.98. The Bertz CT molecular complexity index is 66.3. The van der Waals surface area contributed by atoms with Gasteiger partial charge in [-0.1, -0.05) is 0 Å². The minimum absolute atomic E-state index is 1.23. The Labute approximate surface area is 51.0 Å². The summed E-state index contributed by atoms with van der Waals surface area (Å²) in [5.74, 6) is 0. The van der Waals surface area contributed by atoms with Gasteiger partial charge in [-0.2, -0.15) is 0 Å². The zero-order valence-corrected chi connectivity index (χ0v) is 7.23. The molecule has 0 amide bonds. The third-order valence-corrected chi connectivity index (χ3v) is 4.42. The quantitative estimate of drug-likeness (QED) is 0.514. The molecule has 0 unspecified atom stereocenters. The van der Waals surface area contributed by atoms with Crippen molar-refractivity contribution in [3.63, 3.8) is 0 Å². The predicted molar refractivity (Wildman–Crippen MR) is 30.2 cm³/mol. The van der Waals surface area contributed by atoms with Gasteiger partial charge in [-0.3, -0.25) is 0 Å². The topological polar surface area (TPSA) is 0 Å². The molecule has 0 saturated carbocycles. The molecule has 0 aromatic heterocycles. The molecule has 0 aliphatic rings. The molecule has 0 N–H and O–H groups in total. The van der Waals surface area contributed by atoms with Gasteiger partial charge in [-0.05, 0) is 0 Å². The summed E-state index contributed by atoms with van der Waals surface area (Å²) >= 11 is -5.81. The second kappa shape index (κ2) is 1.94. The number of halogens is 3. The fraction of sp³-hybridized carbons (Fsp3) is 1.00. The van der Waals surface area contributed by atoms with Crippen molar-refractivity contribution in [1.82, 2.24) is 0 Å². The zero-order chi connectivity index (χ0) is 7.00. The Morgan fingerprint density at radius 3 is 1.12 bits per heavy atom. The molecule has 0 heterocycles. The SMILES string of the molecule is CC(C)(C)[AsH](F)(F)F. The van der Waals surface area contributed by atoms with Gasteiger partial charge in [0.2, 0.25) is 0 Å². The summed E-state index contributed by atoms with van der Waals surface area (Å²) in [6.07, 6.45) is 0. The van der Waals surface area contributed by atoms with E-state index >= 15 is 0 Å². The molecule has 0 aromatic carbocycles. The van der Waals surface area contributed by atoms with Crippen LogP contribution in [0.4, 0.5) is 10.4 Å². The standard InChI is InChI=1S/C4H10AsF3/c1-4(2,3)5(6,7)8/h5H,1-3H3. The number of hydrogen-bond acceptors (Lipinski definition) is 0. The van der Waals surface area contributed by atoms with Crippen molar-refractivity contribution < 1.29 is 10.4 Å². The van der Waals surface area contributed by atoms with E-state index in [1.165, 1.54) is 20.8 Å². The van der Waals surface area contributed by atoms with Crippen LogP contribution in [0.1, 0.15) is 20.8 Å². The van der Waals surface area contributed by atoms with Crippen molar-refractivity contribution in [3.05, 3.63) is 0 Å². The van der Waals surface area contributed by atoms with E-state index in [4.69, 9.17) is 0 Å². The molecule has 4 heteroatoms. The first-order valence-electron chi connectivity index (χ1n) is 2.32. The van der Waals surface area contributed by atoms with Gasteiger partial charge in [0, 0.05) is 0 Å². The fourth-order valence-corrected chi connectivity index (χ4v) is 0. The molecule has 0 aliphatic carbocycles. The van der Waals surface area contributed by atoms with Gasteiger partial charge >= 0.3 is 50.3 Å². The first-order valence-corrected chi connectivity index (χ1v) is 5.74. The van der Waals surface area contributed by atoms with Gasteiger partial charge in [0.05, 0.1) is 0 Å². The van der Waals surface area contributed by atoms with E-state index in [-0.39, 0.29) is 0 Å². The van der Waals surface area contributed by atoms with E-state index in [1.807, 2.05) is 0 Å². The normalized spacial score (nSPS) is 16.2. The molecular weight excluding hydrogens is 180 g/mol. The third-order valence-electron chi connectivity index (χ3n) is 0.850. The van der Waals surface area contributed by atoms with E-state index < -0.39 is 19.2 Å². The maximum atomic E-state index is 11.8. The summed E-state index contributed by atoms with van der Waals surface area (Å²) in [5, 5.41) is 0. The van der Waals surface area contributed by atoms with E-state index in [2.05, 4.69) is 0 Å². The third kappa shape index (κ3) is 2.08. The second-order valence-electron chi connectivity index (χ2n) is 2.75. The molecule has 0 atom stereocenters. The van der Waals surface area contributed by atoms with Gasteiger partial charge < -0.3 is 0 Å². The van der Waals surface area contributed by atoms with E-state index in [1.54, 1.807) is 0 Å². The van der Waals surface area contributed by atoms with Crippen LogP contribution in [0.5, 0.6) is 0 Å². The van der Waals surface area contributed by atoms with Crippen molar-refractivity contribution in [3.8, 4) is 0 Å². The van der Waals surface area contributed by atoms with Gasteiger partial charge in [-0.15, -0.1) is 0 Å². The molecule has 0 fully saturated rings. The van der Waals surface area contributed by atoms with Crippen LogP contribution in [0, 0.1) is 0 Å². The molecule has 8 heavy (non-hydrogen) atoms. The van der Waals surface area contributed by atoms with Crippen molar-refractivity contribution in [2.75, 3.05) is 0 Å². The van der Waals surface area contributed by atoms with Crippen LogP contribution in [0.2, 0.25) is 4.20 Å². The van der Waals surface area contributed by atoms with Crippen LogP contribution in [0.3, 0.4) is 0 Å². The van der Waals surface area contributed by atoms with Gasteiger partial charge in [-0.25, -0.2) is 0 Å². The maximum absolute atomic E-state index is 11.8. The van der Waals surface area contributed by atoms with Crippen molar-refractivity contribution >= 4 is 15.0 Å². The molecule has 0 aromatic rings. The fourth-order valence-electron chi connectivity index (χ4n) is 0. The van der Waals surface area contributed by atoms with Crippen LogP contribution < -0.4 is 0 Å². The number of hydrogen-bond donors (Lipinski definition) is 0. The Morgan fingerprint density at radius 1 is 1.00 bits per heavy atom. The van der Waals surface area contributed by atoms with Crippen LogP contribution in [0.25, 0.3) is 0 Å². The molecule has 0 bridgehead atoms. The zero-order valence-electron chi connectivity index (χ0n) is 5.13. The molecule has 0 spiro atoms. The van der Waals surface area contributed by atoms with E-state index in [9.17, 15) is 10.4 Å². The van der Waals surface area contributed by atoms with Crippen molar-refractivity contribution in [2.24, 2.45) is 0 Å². The molecule has 0 rings (SSSR count). The molecule has 52 valence electrons. The van der Waals surface area contributed by atoms with Crippen LogP contribution >= 0.6 is 0 Å². The van der Waals surface area contributed by atoms with Crippen LogP contribution in [-0.2, 0) is 0 Å². The summed E-state index contributed by atoms with van der Waals surface area (Å²) < 4.78 is 33.9. The molecule has 0 saturated heterocycles. The Morgan fingerprint density at radius 2 is 1.12 bits per heavy atom. The molecular formula is C4H10AsF3. The van der Waals surface area contributed by atoms with Gasteiger partial charge in [0.15, 0.2) is 0 Å². The van der Waals surface area contributed by atoms with Gasteiger partial charge in [0.25, 0.3) is 0 Å². The first-order chi connectivity index (χ1) is 3.25. The predicted octanol–water partition coefficient (Wildman–Crippen LogP) is 2.37. The van der Waals surface area contributed by atoms with Crippen LogP contribution in [-0.4, -0.2) is 15.0 Å². The summed E-state index contributed by atoms with van der Waals surface area (Å²) in [6.45, 7) is 3.69. The first kappa shape index (κ1) is 8.35. The minimum atomic E-state index is -5.81. The van der Waals surface area contributed by atoms with Crippen molar-refractivity contribution in [2.45, 2.75) is 25.0 Å².